The van der Waals surface area contributed by atoms with Gasteiger partial charge in [0.25, 0.3) is 5.56 Å². The van der Waals surface area contributed by atoms with Gasteiger partial charge in [-0.15, -0.1) is 28.1 Å². The lowest BCUT2D eigenvalue weighted by Crippen LogP contribution is -2.12. The normalized spacial score (nSPS) is 11.1. The van der Waals surface area contributed by atoms with Crippen LogP contribution in [0.1, 0.15) is 5.69 Å². The lowest BCUT2D eigenvalue weighted by Gasteiger charge is -2.08. The molecule has 27 heavy (non-hydrogen) atoms. The van der Waals surface area contributed by atoms with E-state index in [1.165, 1.54) is 39.6 Å². The van der Waals surface area contributed by atoms with Gasteiger partial charge in [-0.25, -0.2) is 9.37 Å². The van der Waals surface area contributed by atoms with Crippen molar-refractivity contribution in [2.45, 2.75) is 17.5 Å². The molecule has 0 radical (unpaired) electrons. The molecule has 4 rings (SSSR count). The van der Waals surface area contributed by atoms with Crippen LogP contribution in [0.25, 0.3) is 16.3 Å². The molecule has 3 aromatic heterocycles. The summed E-state index contributed by atoms with van der Waals surface area (Å²) in [4.78, 5) is 17.2. The van der Waals surface area contributed by atoms with Crippen LogP contribution < -0.4 is 5.56 Å². The molecule has 0 aliphatic rings. The van der Waals surface area contributed by atoms with Gasteiger partial charge in [0.15, 0.2) is 15.9 Å². The van der Waals surface area contributed by atoms with E-state index in [1.54, 1.807) is 35.0 Å². The van der Waals surface area contributed by atoms with Gasteiger partial charge in [0, 0.05) is 29.9 Å². The van der Waals surface area contributed by atoms with Crippen molar-refractivity contribution in [2.75, 3.05) is 0 Å². The Kier molecular flexibility index (Phi) is 4.87. The van der Waals surface area contributed by atoms with Crippen LogP contribution in [0.2, 0.25) is 0 Å². The van der Waals surface area contributed by atoms with Gasteiger partial charge in [-0.3, -0.25) is 13.8 Å². The number of thioether (sulfide) groups is 1. The molecule has 4 aromatic rings. The maximum absolute atomic E-state index is 14.2. The fraction of sp³-hybridized carbons (Fsp3) is 0.111. The highest BCUT2D eigenvalue weighted by molar-refractivity contribution is 7.98. The number of thiazole rings is 1. The van der Waals surface area contributed by atoms with Crippen LogP contribution in [0.5, 0.6) is 0 Å². The van der Waals surface area contributed by atoms with Crippen LogP contribution in [0.15, 0.2) is 64.5 Å². The minimum absolute atomic E-state index is 0.114. The average Bonchev–Trinajstić information content (AvgIpc) is 3.28. The molecule has 0 saturated carbocycles. The zero-order valence-electron chi connectivity index (χ0n) is 14.1. The van der Waals surface area contributed by atoms with E-state index in [1.807, 2.05) is 5.38 Å². The molecule has 1 aromatic carbocycles. The minimum Gasteiger partial charge on any atom is -0.298 e. The van der Waals surface area contributed by atoms with Gasteiger partial charge in [0.2, 0.25) is 0 Å². The Hall–Kier alpha value is -2.78. The lowest BCUT2D eigenvalue weighted by molar-refractivity contribution is 0.626. The summed E-state index contributed by atoms with van der Waals surface area (Å²) < 4.78 is 17.5. The molecule has 136 valence electrons. The average molecular weight is 399 g/mol. The Morgan fingerprint density at radius 3 is 2.96 bits per heavy atom. The molecule has 0 aliphatic carbocycles. The number of allylic oxidation sites excluding steroid dienone is 1. The zero-order valence-corrected chi connectivity index (χ0v) is 15.7. The third kappa shape index (κ3) is 3.43. The van der Waals surface area contributed by atoms with Gasteiger partial charge in [-0.05, 0) is 12.1 Å². The second-order valence-corrected chi connectivity index (χ2v) is 7.43. The van der Waals surface area contributed by atoms with Crippen LogP contribution in [-0.2, 0) is 12.3 Å². The predicted molar refractivity (Wildman–Crippen MR) is 105 cm³/mol. The number of benzene rings is 1. The van der Waals surface area contributed by atoms with Crippen LogP contribution >= 0.6 is 23.1 Å². The summed E-state index contributed by atoms with van der Waals surface area (Å²) in [5.41, 5.74) is 0.930. The predicted octanol–water partition coefficient (Wildman–Crippen LogP) is 3.63. The molecular weight excluding hydrogens is 385 g/mol. The molecule has 0 spiro atoms. The van der Waals surface area contributed by atoms with Crippen molar-refractivity contribution in [3.8, 4) is 11.4 Å². The smallest absolute Gasteiger partial charge is 0.258 e. The highest BCUT2D eigenvalue weighted by Gasteiger charge is 2.16. The van der Waals surface area contributed by atoms with E-state index in [2.05, 4.69) is 21.8 Å². The van der Waals surface area contributed by atoms with Crippen molar-refractivity contribution in [1.82, 2.24) is 24.1 Å². The highest BCUT2D eigenvalue weighted by atomic mass is 32.2. The Morgan fingerprint density at radius 1 is 1.30 bits per heavy atom. The molecule has 3 heterocycles. The lowest BCUT2D eigenvalue weighted by atomic mass is 10.2. The van der Waals surface area contributed by atoms with Crippen molar-refractivity contribution in [3.05, 3.63) is 76.4 Å². The summed E-state index contributed by atoms with van der Waals surface area (Å²) in [6, 6.07) is 7.96. The van der Waals surface area contributed by atoms with Crippen molar-refractivity contribution < 1.29 is 4.39 Å². The van der Waals surface area contributed by atoms with Crippen LogP contribution in [0, 0.1) is 5.82 Å². The second-order valence-electron chi connectivity index (χ2n) is 5.62. The number of nitrogens with zero attached hydrogens (tertiary/aromatic N) is 5. The number of halogens is 1. The quantitative estimate of drug-likeness (QED) is 0.366. The van der Waals surface area contributed by atoms with Gasteiger partial charge in [0.05, 0.1) is 11.3 Å². The van der Waals surface area contributed by atoms with E-state index in [-0.39, 0.29) is 11.4 Å². The molecule has 6 nitrogen and oxygen atoms in total. The first-order chi connectivity index (χ1) is 13.2. The molecule has 0 aliphatic heterocycles. The van der Waals surface area contributed by atoms with Crippen LogP contribution in [-0.4, -0.2) is 24.1 Å². The monoisotopic (exact) mass is 399 g/mol. The molecule has 0 bridgehead atoms. The number of fused-ring (bicyclic) bond motifs is 1. The molecule has 0 saturated heterocycles. The van der Waals surface area contributed by atoms with Crippen LogP contribution in [0.4, 0.5) is 4.39 Å². The van der Waals surface area contributed by atoms with E-state index in [9.17, 15) is 9.18 Å². The fourth-order valence-electron chi connectivity index (χ4n) is 2.63. The Balaban J connectivity index is 1.64. The molecular formula is C18H14FN5OS2. The molecule has 0 fully saturated rings. The number of rotatable bonds is 6. The highest BCUT2D eigenvalue weighted by Crippen LogP contribution is 2.27. The summed E-state index contributed by atoms with van der Waals surface area (Å²) in [5, 5.41) is 10.8. The van der Waals surface area contributed by atoms with Crippen molar-refractivity contribution in [2.24, 2.45) is 0 Å². The Bertz CT molecular complexity index is 1180. The van der Waals surface area contributed by atoms with Gasteiger partial charge in [-0.1, -0.05) is 30.0 Å². The zero-order chi connectivity index (χ0) is 18.8. The van der Waals surface area contributed by atoms with E-state index < -0.39 is 0 Å². The second kappa shape index (κ2) is 7.45. The molecule has 0 atom stereocenters. The maximum atomic E-state index is 14.2. The summed E-state index contributed by atoms with van der Waals surface area (Å²) in [6.07, 6.45) is 3.41. The standard InChI is InChI=1S/C18H14FN5OS2/c1-2-7-24-16(13-5-3-4-6-14(13)19)21-22-18(24)27-11-12-10-15(25)23-8-9-26-17(23)20-12/h2-6,8-10H,1,7,11H2. The molecule has 9 heteroatoms. The van der Waals surface area contributed by atoms with Crippen LogP contribution in [0.3, 0.4) is 0 Å². The van der Waals surface area contributed by atoms with E-state index in [0.717, 1.165) is 0 Å². The minimum atomic E-state index is -0.357. The van der Waals surface area contributed by atoms with E-state index >= 15 is 0 Å². The maximum Gasteiger partial charge on any atom is 0.258 e. The summed E-state index contributed by atoms with van der Waals surface area (Å²) in [7, 11) is 0. The molecule has 0 unspecified atom stereocenters. The van der Waals surface area contributed by atoms with Gasteiger partial charge in [0.1, 0.15) is 5.82 Å². The number of aromatic nitrogens is 5. The number of hydrogen-bond acceptors (Lipinski definition) is 6. The summed E-state index contributed by atoms with van der Waals surface area (Å²) >= 11 is 2.80. The largest absolute Gasteiger partial charge is 0.298 e. The SMILES string of the molecule is C=CCn1c(SCc2cc(=O)n3ccsc3n2)nnc1-c1ccccc1F. The first-order valence-corrected chi connectivity index (χ1v) is 9.91. The van der Waals surface area contributed by atoms with Crippen molar-refractivity contribution in [1.29, 1.82) is 0 Å². The van der Waals surface area contributed by atoms with Crippen molar-refractivity contribution >= 4 is 28.1 Å². The first kappa shape index (κ1) is 17.6. The third-order valence-corrected chi connectivity index (χ3v) is 5.61. The van der Waals surface area contributed by atoms with E-state index in [0.29, 0.717) is 39.5 Å². The van der Waals surface area contributed by atoms with Gasteiger partial charge < -0.3 is 0 Å². The number of hydrogen-bond donors (Lipinski definition) is 0. The first-order valence-electron chi connectivity index (χ1n) is 8.05. The van der Waals surface area contributed by atoms with Crippen molar-refractivity contribution in [3.63, 3.8) is 0 Å². The summed E-state index contributed by atoms with van der Waals surface area (Å²) in [5.74, 6) is 0.540. The molecule has 0 amide bonds. The van der Waals surface area contributed by atoms with Gasteiger partial charge >= 0.3 is 0 Å². The third-order valence-electron chi connectivity index (χ3n) is 3.85. The topological polar surface area (TPSA) is 65.1 Å². The van der Waals surface area contributed by atoms with Gasteiger partial charge in [-0.2, -0.15) is 0 Å². The Morgan fingerprint density at radius 2 is 2.15 bits per heavy atom. The fourth-order valence-corrected chi connectivity index (χ4v) is 4.21. The molecule has 0 N–H and O–H groups in total. The van der Waals surface area contributed by atoms with E-state index in [4.69, 9.17) is 0 Å². The summed E-state index contributed by atoms with van der Waals surface area (Å²) in [6.45, 7) is 4.20. The Labute approximate surface area is 162 Å².